The Kier molecular flexibility index (Phi) is 4.57. The minimum atomic E-state index is -1.81. The number of rotatable bonds is 5. The third-order valence-electron chi connectivity index (χ3n) is 1.56. The average Bonchev–Trinajstić information content (AvgIpc) is 1.83. The second kappa shape index (κ2) is 4.68. The summed E-state index contributed by atoms with van der Waals surface area (Å²) >= 11 is 6.41. The van der Waals surface area contributed by atoms with Crippen molar-refractivity contribution in [2.24, 2.45) is 0 Å². The molecule has 0 aliphatic heterocycles. The van der Waals surface area contributed by atoms with E-state index in [1.807, 2.05) is 19.5 Å². The molecule has 0 rings (SSSR count). The van der Waals surface area contributed by atoms with Gasteiger partial charge in [-0.15, -0.1) is 19.7 Å². The van der Waals surface area contributed by atoms with Crippen LogP contribution in [0.4, 0.5) is 0 Å². The summed E-state index contributed by atoms with van der Waals surface area (Å²) in [4.78, 5) is 0. The number of allylic oxidation sites excluding steroid dienone is 2. The molecule has 0 N–H and O–H groups in total. The topological polar surface area (TPSA) is 0 Å². The lowest BCUT2D eigenvalue weighted by atomic mass is 10.4. The highest BCUT2D eigenvalue weighted by Gasteiger charge is 2.26. The summed E-state index contributed by atoms with van der Waals surface area (Å²) in [5.74, 6) is 0. The summed E-state index contributed by atoms with van der Waals surface area (Å²) in [6, 6.07) is 1.82. The zero-order valence-corrected chi connectivity index (χ0v) is 9.75. The zero-order valence-electron chi connectivity index (χ0n) is 7.99. The predicted molar refractivity (Wildman–Crippen MR) is 61.0 cm³/mol. The molecule has 0 unspecified atom stereocenters. The Hall–Kier alpha value is -0.273. The van der Waals surface area contributed by atoms with Crippen molar-refractivity contribution in [3.8, 4) is 0 Å². The van der Waals surface area contributed by atoms with Crippen molar-refractivity contribution in [3.63, 3.8) is 0 Å². The Morgan fingerprint density at radius 3 is 1.75 bits per heavy atom. The van der Waals surface area contributed by atoms with Gasteiger partial charge in [0.15, 0.2) is 7.38 Å². The van der Waals surface area contributed by atoms with E-state index in [9.17, 15) is 0 Å². The SMILES string of the molecule is C=C[Si](Cl)(CC(=C)C)CC(=C)C. The van der Waals surface area contributed by atoms with Crippen LogP contribution < -0.4 is 0 Å². The molecule has 0 saturated carbocycles. The second-order valence-corrected chi connectivity index (χ2v) is 8.95. The molecule has 0 radical (unpaired) electrons. The average molecular weight is 201 g/mol. The fraction of sp³-hybridized carbons (Fsp3) is 0.400. The third kappa shape index (κ3) is 4.57. The molecule has 0 atom stereocenters. The monoisotopic (exact) mass is 200 g/mol. The van der Waals surface area contributed by atoms with Gasteiger partial charge in [0, 0.05) is 0 Å². The molecule has 0 aromatic carbocycles. The summed E-state index contributed by atoms with van der Waals surface area (Å²) in [5.41, 5.74) is 4.19. The van der Waals surface area contributed by atoms with Crippen LogP contribution in [0, 0.1) is 0 Å². The van der Waals surface area contributed by atoms with Crippen LogP contribution in [-0.2, 0) is 0 Å². The molecule has 0 nitrogen and oxygen atoms in total. The molecular formula is C10H17ClSi. The van der Waals surface area contributed by atoms with Crippen LogP contribution >= 0.6 is 11.1 Å². The van der Waals surface area contributed by atoms with Crippen LogP contribution in [0.5, 0.6) is 0 Å². The van der Waals surface area contributed by atoms with E-state index in [-0.39, 0.29) is 0 Å². The summed E-state index contributed by atoms with van der Waals surface area (Å²) in [7, 11) is -1.81. The van der Waals surface area contributed by atoms with Crippen LogP contribution in [0.2, 0.25) is 12.1 Å². The fourth-order valence-electron chi connectivity index (χ4n) is 1.21. The highest BCUT2D eigenvalue weighted by atomic mass is 35.6. The van der Waals surface area contributed by atoms with Crippen LogP contribution in [0.15, 0.2) is 36.6 Å². The summed E-state index contributed by atoms with van der Waals surface area (Å²) < 4.78 is 0. The van der Waals surface area contributed by atoms with Crippen molar-refractivity contribution in [1.82, 2.24) is 0 Å². The van der Waals surface area contributed by atoms with E-state index in [4.69, 9.17) is 11.1 Å². The first-order chi connectivity index (χ1) is 5.39. The molecule has 0 aromatic rings. The Labute approximate surface area is 81.3 Å². The van der Waals surface area contributed by atoms with Crippen molar-refractivity contribution in [3.05, 3.63) is 36.6 Å². The molecule has 2 heteroatoms. The molecule has 0 saturated heterocycles. The van der Waals surface area contributed by atoms with Gasteiger partial charge in [-0.05, 0) is 25.9 Å². The van der Waals surface area contributed by atoms with E-state index in [2.05, 4.69) is 19.7 Å². The van der Waals surface area contributed by atoms with Crippen molar-refractivity contribution in [1.29, 1.82) is 0 Å². The Bertz CT molecular complexity index is 190. The molecule has 0 aliphatic carbocycles. The molecular weight excluding hydrogens is 184 g/mol. The molecule has 68 valence electrons. The quantitative estimate of drug-likeness (QED) is 0.357. The van der Waals surface area contributed by atoms with Crippen LogP contribution in [0.25, 0.3) is 0 Å². The second-order valence-electron chi connectivity index (χ2n) is 3.51. The van der Waals surface area contributed by atoms with E-state index < -0.39 is 7.38 Å². The first-order valence-electron chi connectivity index (χ1n) is 4.01. The first kappa shape index (κ1) is 11.7. The fourth-order valence-corrected chi connectivity index (χ4v) is 5.00. The van der Waals surface area contributed by atoms with Crippen molar-refractivity contribution < 1.29 is 0 Å². The lowest BCUT2D eigenvalue weighted by Gasteiger charge is -2.20. The minimum Gasteiger partial charge on any atom is -0.161 e. The molecule has 0 heterocycles. The maximum Gasteiger partial charge on any atom is 0.187 e. The molecule has 0 aromatic heterocycles. The van der Waals surface area contributed by atoms with Crippen molar-refractivity contribution >= 4 is 18.5 Å². The van der Waals surface area contributed by atoms with Gasteiger partial charge in [0.2, 0.25) is 0 Å². The maximum atomic E-state index is 6.41. The van der Waals surface area contributed by atoms with Crippen molar-refractivity contribution in [2.75, 3.05) is 0 Å². The van der Waals surface area contributed by atoms with Crippen molar-refractivity contribution in [2.45, 2.75) is 25.9 Å². The normalized spacial score (nSPS) is 10.9. The first-order valence-corrected chi connectivity index (χ1v) is 7.51. The smallest absolute Gasteiger partial charge is 0.161 e. The van der Waals surface area contributed by atoms with Crippen LogP contribution in [0.3, 0.4) is 0 Å². The van der Waals surface area contributed by atoms with E-state index in [1.165, 1.54) is 0 Å². The zero-order chi connectivity index (χ0) is 9.78. The van der Waals surface area contributed by atoms with Gasteiger partial charge in [-0.1, -0.05) is 16.8 Å². The van der Waals surface area contributed by atoms with Gasteiger partial charge < -0.3 is 0 Å². The van der Waals surface area contributed by atoms with Gasteiger partial charge in [0.05, 0.1) is 0 Å². The summed E-state index contributed by atoms with van der Waals surface area (Å²) in [5, 5.41) is 0. The number of hydrogen-bond acceptors (Lipinski definition) is 0. The molecule has 0 amide bonds. The van der Waals surface area contributed by atoms with E-state index >= 15 is 0 Å². The van der Waals surface area contributed by atoms with Gasteiger partial charge in [-0.3, -0.25) is 0 Å². The van der Waals surface area contributed by atoms with Gasteiger partial charge in [-0.25, -0.2) is 0 Å². The Morgan fingerprint density at radius 2 is 1.58 bits per heavy atom. The molecule has 0 aliphatic rings. The largest absolute Gasteiger partial charge is 0.187 e. The maximum absolute atomic E-state index is 6.41. The van der Waals surface area contributed by atoms with E-state index in [0.29, 0.717) is 0 Å². The van der Waals surface area contributed by atoms with E-state index in [0.717, 1.165) is 23.2 Å². The van der Waals surface area contributed by atoms with Crippen LogP contribution in [0.1, 0.15) is 13.8 Å². The van der Waals surface area contributed by atoms with Gasteiger partial charge >= 0.3 is 0 Å². The van der Waals surface area contributed by atoms with Gasteiger partial charge in [0.1, 0.15) is 0 Å². The molecule has 0 spiro atoms. The Morgan fingerprint density at radius 1 is 1.25 bits per heavy atom. The van der Waals surface area contributed by atoms with Gasteiger partial charge in [-0.2, -0.15) is 11.1 Å². The highest BCUT2D eigenvalue weighted by Crippen LogP contribution is 2.28. The lowest BCUT2D eigenvalue weighted by Crippen LogP contribution is -2.24. The molecule has 0 fully saturated rings. The van der Waals surface area contributed by atoms with Crippen LogP contribution in [-0.4, -0.2) is 7.38 Å². The minimum absolute atomic E-state index is 0.908. The molecule has 12 heavy (non-hydrogen) atoms. The number of hydrogen-bond donors (Lipinski definition) is 0. The summed E-state index contributed by atoms with van der Waals surface area (Å²) in [6.07, 6.45) is 0. The summed E-state index contributed by atoms with van der Waals surface area (Å²) in [6.45, 7) is 15.5. The third-order valence-corrected chi connectivity index (χ3v) is 5.94. The number of halogens is 1. The highest BCUT2D eigenvalue weighted by molar-refractivity contribution is 7.23. The van der Waals surface area contributed by atoms with Gasteiger partial charge in [0.25, 0.3) is 0 Å². The molecule has 0 bridgehead atoms. The standard InChI is InChI=1S/C10H17ClSi/c1-6-12(11,7-9(2)3)8-10(4)5/h6H,1-2,4,7-8H2,3,5H3. The Balaban J connectivity index is 4.33. The lowest BCUT2D eigenvalue weighted by molar-refractivity contribution is 1.30. The van der Waals surface area contributed by atoms with E-state index in [1.54, 1.807) is 0 Å². The predicted octanol–water partition coefficient (Wildman–Crippen LogP) is 4.05.